The lowest BCUT2D eigenvalue weighted by Gasteiger charge is -2.24. The minimum Gasteiger partial charge on any atom is -0.486 e. The summed E-state index contributed by atoms with van der Waals surface area (Å²) in [4.78, 5) is 12.5. The highest BCUT2D eigenvalue weighted by atomic mass is 16.5. The van der Waals surface area contributed by atoms with Crippen LogP contribution in [0.5, 0.6) is 5.75 Å². The van der Waals surface area contributed by atoms with Crippen LogP contribution in [0.2, 0.25) is 0 Å². The van der Waals surface area contributed by atoms with Crippen molar-refractivity contribution >= 4 is 11.6 Å². The van der Waals surface area contributed by atoms with Crippen LogP contribution in [0.1, 0.15) is 40.0 Å². The summed E-state index contributed by atoms with van der Waals surface area (Å²) in [7, 11) is 0. The number of benzene rings is 1. The molecule has 0 aliphatic heterocycles. The van der Waals surface area contributed by atoms with Gasteiger partial charge in [-0.05, 0) is 58.2 Å². The number of nitrogens with two attached hydrogens (primary N) is 1. The van der Waals surface area contributed by atoms with Gasteiger partial charge in [-0.25, -0.2) is 0 Å². The average Bonchev–Trinajstić information content (AvgIpc) is 2.87. The molecule has 1 aliphatic rings. The summed E-state index contributed by atoms with van der Waals surface area (Å²) in [5, 5.41) is 3.02. The van der Waals surface area contributed by atoms with Gasteiger partial charge in [-0.15, -0.1) is 0 Å². The Bertz CT molecular complexity index is 494. The second-order valence-electron chi connectivity index (χ2n) is 6.73. The average molecular weight is 290 g/mol. The maximum absolute atomic E-state index is 12.5. The van der Waals surface area contributed by atoms with Crippen molar-refractivity contribution in [3.8, 4) is 5.75 Å². The molecule has 1 saturated carbocycles. The van der Waals surface area contributed by atoms with E-state index in [4.69, 9.17) is 10.5 Å². The predicted octanol–water partition coefficient (Wildman–Crippen LogP) is 3.18. The van der Waals surface area contributed by atoms with Gasteiger partial charge in [0.2, 0.25) is 5.91 Å². The summed E-state index contributed by atoms with van der Waals surface area (Å²) >= 11 is 0. The van der Waals surface area contributed by atoms with Crippen LogP contribution in [0.3, 0.4) is 0 Å². The molecule has 0 radical (unpaired) electrons. The van der Waals surface area contributed by atoms with Crippen molar-refractivity contribution in [2.45, 2.75) is 45.6 Å². The van der Waals surface area contributed by atoms with Crippen molar-refractivity contribution in [1.29, 1.82) is 0 Å². The van der Waals surface area contributed by atoms with Gasteiger partial charge in [0.05, 0.1) is 5.69 Å². The molecule has 4 nitrogen and oxygen atoms in total. The Kier molecular flexibility index (Phi) is 4.88. The fourth-order valence-corrected chi connectivity index (χ4v) is 2.88. The molecule has 1 fully saturated rings. The van der Waals surface area contributed by atoms with Crippen LogP contribution >= 0.6 is 0 Å². The van der Waals surface area contributed by atoms with Crippen LogP contribution in [0.25, 0.3) is 0 Å². The van der Waals surface area contributed by atoms with Gasteiger partial charge < -0.3 is 15.8 Å². The number of para-hydroxylation sites is 2. The largest absolute Gasteiger partial charge is 0.486 e. The third-order valence-electron chi connectivity index (χ3n) is 3.86. The Hall–Kier alpha value is -1.55. The standard InChI is InChI=1S/C17H26N2O2/c1-17(2,3)21-15-10-5-4-9-14(15)19-16(20)13-8-6-7-12(13)11-18/h4-5,9-10,12-13H,6-8,11,18H2,1-3H3,(H,19,20)/t12-,13-/m1/s1. The molecule has 1 aromatic carbocycles. The van der Waals surface area contributed by atoms with Crippen molar-refractivity contribution in [1.82, 2.24) is 0 Å². The Labute approximate surface area is 127 Å². The van der Waals surface area contributed by atoms with Crippen LogP contribution in [-0.4, -0.2) is 18.1 Å². The zero-order chi connectivity index (χ0) is 15.5. The number of carbonyl (C=O) groups excluding carboxylic acids is 1. The van der Waals surface area contributed by atoms with E-state index in [9.17, 15) is 4.79 Å². The SMILES string of the molecule is CC(C)(C)Oc1ccccc1NC(=O)[C@@H]1CCC[C@@H]1CN. The maximum Gasteiger partial charge on any atom is 0.227 e. The monoisotopic (exact) mass is 290 g/mol. The van der Waals surface area contributed by atoms with Crippen LogP contribution in [0.4, 0.5) is 5.69 Å². The molecule has 0 spiro atoms. The molecule has 116 valence electrons. The molecule has 0 heterocycles. The Morgan fingerprint density at radius 3 is 2.71 bits per heavy atom. The van der Waals surface area contributed by atoms with Crippen LogP contribution in [0.15, 0.2) is 24.3 Å². The van der Waals surface area contributed by atoms with Crippen molar-refractivity contribution in [2.75, 3.05) is 11.9 Å². The van der Waals surface area contributed by atoms with Gasteiger partial charge in [-0.2, -0.15) is 0 Å². The molecular formula is C17H26N2O2. The lowest BCUT2D eigenvalue weighted by molar-refractivity contribution is -0.120. The van der Waals surface area contributed by atoms with E-state index in [1.165, 1.54) is 0 Å². The van der Waals surface area contributed by atoms with Crippen molar-refractivity contribution < 1.29 is 9.53 Å². The summed E-state index contributed by atoms with van der Waals surface area (Å²) in [6, 6.07) is 7.58. The summed E-state index contributed by atoms with van der Waals surface area (Å²) in [5.74, 6) is 1.10. The highest BCUT2D eigenvalue weighted by Gasteiger charge is 2.32. The van der Waals surface area contributed by atoms with E-state index < -0.39 is 0 Å². The molecular weight excluding hydrogens is 264 g/mol. The molecule has 4 heteroatoms. The second kappa shape index (κ2) is 6.48. The van der Waals surface area contributed by atoms with Crippen LogP contribution in [-0.2, 0) is 4.79 Å². The third kappa shape index (κ3) is 4.21. The summed E-state index contributed by atoms with van der Waals surface area (Å²) in [5.41, 5.74) is 6.20. The molecule has 2 atom stereocenters. The van der Waals surface area contributed by atoms with Gasteiger partial charge in [0, 0.05) is 5.92 Å². The van der Waals surface area contributed by atoms with Gasteiger partial charge in [0.1, 0.15) is 11.4 Å². The number of amides is 1. The topological polar surface area (TPSA) is 64.3 Å². The fraction of sp³-hybridized carbons (Fsp3) is 0.588. The molecule has 0 unspecified atom stereocenters. The molecule has 0 bridgehead atoms. The normalized spacial score (nSPS) is 22.1. The summed E-state index contributed by atoms with van der Waals surface area (Å²) < 4.78 is 5.91. The zero-order valence-electron chi connectivity index (χ0n) is 13.2. The highest BCUT2D eigenvalue weighted by Crippen LogP contribution is 2.33. The number of nitrogens with one attached hydrogen (secondary N) is 1. The molecule has 0 saturated heterocycles. The van der Waals surface area contributed by atoms with Gasteiger partial charge in [-0.3, -0.25) is 4.79 Å². The lowest BCUT2D eigenvalue weighted by Crippen LogP contribution is -2.30. The number of anilines is 1. The molecule has 3 N–H and O–H groups in total. The second-order valence-corrected chi connectivity index (χ2v) is 6.73. The third-order valence-corrected chi connectivity index (χ3v) is 3.86. The first-order chi connectivity index (χ1) is 9.90. The quantitative estimate of drug-likeness (QED) is 0.895. The van der Waals surface area contributed by atoms with E-state index in [2.05, 4.69) is 5.32 Å². The smallest absolute Gasteiger partial charge is 0.227 e. The minimum atomic E-state index is -0.298. The Balaban J connectivity index is 2.10. The van der Waals surface area contributed by atoms with Crippen LogP contribution < -0.4 is 15.8 Å². The van der Waals surface area contributed by atoms with Gasteiger partial charge >= 0.3 is 0 Å². The lowest BCUT2D eigenvalue weighted by atomic mass is 9.95. The minimum absolute atomic E-state index is 0.0256. The Morgan fingerprint density at radius 1 is 1.33 bits per heavy atom. The van der Waals surface area contributed by atoms with Crippen molar-refractivity contribution in [3.05, 3.63) is 24.3 Å². The fourth-order valence-electron chi connectivity index (χ4n) is 2.88. The maximum atomic E-state index is 12.5. The Morgan fingerprint density at radius 2 is 2.05 bits per heavy atom. The zero-order valence-corrected chi connectivity index (χ0v) is 13.2. The van der Waals surface area contributed by atoms with E-state index in [1.807, 2.05) is 45.0 Å². The molecule has 0 aromatic heterocycles. The molecule has 1 amide bonds. The number of carbonyl (C=O) groups is 1. The summed E-state index contributed by atoms with van der Waals surface area (Å²) in [6.07, 6.45) is 3.06. The van der Waals surface area contributed by atoms with E-state index in [1.54, 1.807) is 0 Å². The molecule has 2 rings (SSSR count). The van der Waals surface area contributed by atoms with E-state index >= 15 is 0 Å². The number of ether oxygens (including phenoxy) is 1. The summed E-state index contributed by atoms with van der Waals surface area (Å²) in [6.45, 7) is 6.56. The first-order valence-corrected chi connectivity index (χ1v) is 7.69. The number of rotatable bonds is 4. The van der Waals surface area contributed by atoms with E-state index in [0.717, 1.165) is 24.9 Å². The number of hydrogen-bond acceptors (Lipinski definition) is 3. The van der Waals surface area contributed by atoms with Gasteiger partial charge in [0.25, 0.3) is 0 Å². The van der Waals surface area contributed by atoms with Crippen molar-refractivity contribution in [2.24, 2.45) is 17.6 Å². The predicted molar refractivity (Wildman–Crippen MR) is 85.3 cm³/mol. The van der Waals surface area contributed by atoms with Crippen molar-refractivity contribution in [3.63, 3.8) is 0 Å². The molecule has 21 heavy (non-hydrogen) atoms. The van der Waals surface area contributed by atoms with Gasteiger partial charge in [0.15, 0.2) is 0 Å². The van der Waals surface area contributed by atoms with E-state index in [-0.39, 0.29) is 17.4 Å². The first kappa shape index (κ1) is 15.8. The van der Waals surface area contributed by atoms with E-state index in [0.29, 0.717) is 18.2 Å². The van der Waals surface area contributed by atoms with Gasteiger partial charge in [-0.1, -0.05) is 18.6 Å². The number of hydrogen-bond donors (Lipinski definition) is 2. The molecule has 1 aromatic rings. The molecule has 1 aliphatic carbocycles. The van der Waals surface area contributed by atoms with Crippen LogP contribution in [0, 0.1) is 11.8 Å². The first-order valence-electron chi connectivity index (χ1n) is 7.69. The highest BCUT2D eigenvalue weighted by molar-refractivity contribution is 5.94.